The molecule has 2 aromatic rings. The maximum absolute atomic E-state index is 12.2. The monoisotopic (exact) mass is 441 g/mol. The molecule has 0 radical (unpaired) electrons. The minimum absolute atomic E-state index is 0.00979. The standard InChI is InChI=1S/C18H20INO4/c1-12-4-7-14(8-5-12)20-18(23)24-17(3-2-10-21)15-11-13(19)6-9-16(15)22/h4-9,11,17,21-22H,2-3,10H2,1H3,(H,20,23)/t17-/m1/s1. The summed E-state index contributed by atoms with van der Waals surface area (Å²) < 4.78 is 6.41. The summed E-state index contributed by atoms with van der Waals surface area (Å²) in [5.41, 5.74) is 2.27. The van der Waals surface area contributed by atoms with E-state index in [4.69, 9.17) is 9.84 Å². The number of halogens is 1. The third-order valence-corrected chi connectivity index (χ3v) is 4.18. The van der Waals surface area contributed by atoms with Crippen molar-refractivity contribution in [3.05, 3.63) is 57.2 Å². The number of amides is 1. The molecule has 0 bridgehead atoms. The molecule has 0 aliphatic carbocycles. The number of phenolic OH excluding ortho intramolecular Hbond substituents is 1. The summed E-state index contributed by atoms with van der Waals surface area (Å²) >= 11 is 2.13. The van der Waals surface area contributed by atoms with Crippen molar-refractivity contribution in [2.75, 3.05) is 11.9 Å². The van der Waals surface area contributed by atoms with Gasteiger partial charge in [-0.05, 0) is 72.7 Å². The topological polar surface area (TPSA) is 78.8 Å². The predicted molar refractivity (Wildman–Crippen MR) is 101 cm³/mol. The molecule has 128 valence electrons. The molecule has 0 aliphatic heterocycles. The minimum Gasteiger partial charge on any atom is -0.508 e. The lowest BCUT2D eigenvalue weighted by Gasteiger charge is -2.19. The van der Waals surface area contributed by atoms with Gasteiger partial charge in [-0.15, -0.1) is 0 Å². The molecule has 2 rings (SSSR count). The molecule has 24 heavy (non-hydrogen) atoms. The van der Waals surface area contributed by atoms with E-state index >= 15 is 0 Å². The molecule has 5 nitrogen and oxygen atoms in total. The van der Waals surface area contributed by atoms with Gasteiger partial charge in [0.15, 0.2) is 0 Å². The molecule has 0 unspecified atom stereocenters. The molecule has 2 aromatic carbocycles. The smallest absolute Gasteiger partial charge is 0.412 e. The van der Waals surface area contributed by atoms with Crippen LogP contribution in [-0.2, 0) is 4.74 Å². The van der Waals surface area contributed by atoms with Crippen LogP contribution in [0.1, 0.15) is 30.1 Å². The van der Waals surface area contributed by atoms with E-state index < -0.39 is 12.2 Å². The molecule has 1 atom stereocenters. The number of hydrogen-bond donors (Lipinski definition) is 3. The summed E-state index contributed by atoms with van der Waals surface area (Å²) in [5, 5.41) is 21.8. The van der Waals surface area contributed by atoms with Crippen LogP contribution in [0.15, 0.2) is 42.5 Å². The number of nitrogens with one attached hydrogen (secondary N) is 1. The van der Waals surface area contributed by atoms with Crippen molar-refractivity contribution in [1.82, 2.24) is 0 Å². The first-order valence-corrected chi connectivity index (χ1v) is 8.71. The second-order valence-corrected chi connectivity index (χ2v) is 6.70. The number of phenols is 1. The average Bonchev–Trinajstić information content (AvgIpc) is 2.56. The lowest BCUT2D eigenvalue weighted by atomic mass is 10.0. The molecular formula is C18H20INO4. The Labute approximate surface area is 154 Å². The van der Waals surface area contributed by atoms with Gasteiger partial charge in [0.2, 0.25) is 0 Å². The Bertz CT molecular complexity index is 688. The zero-order valence-corrected chi connectivity index (χ0v) is 15.5. The fourth-order valence-electron chi connectivity index (χ4n) is 2.25. The molecule has 0 aromatic heterocycles. The van der Waals surface area contributed by atoms with Crippen LogP contribution in [0.3, 0.4) is 0 Å². The van der Waals surface area contributed by atoms with Crippen LogP contribution in [0.4, 0.5) is 10.5 Å². The lowest BCUT2D eigenvalue weighted by Crippen LogP contribution is -2.18. The SMILES string of the molecule is Cc1ccc(NC(=O)O[C@H](CCCO)c2cc(I)ccc2O)cc1. The number of carbonyl (C=O) groups is 1. The van der Waals surface area contributed by atoms with Crippen molar-refractivity contribution in [3.8, 4) is 5.75 Å². The molecule has 0 saturated heterocycles. The van der Waals surface area contributed by atoms with Crippen molar-refractivity contribution in [2.24, 2.45) is 0 Å². The summed E-state index contributed by atoms with van der Waals surface area (Å²) in [6.07, 6.45) is -0.337. The zero-order chi connectivity index (χ0) is 17.5. The second-order valence-electron chi connectivity index (χ2n) is 5.45. The maximum Gasteiger partial charge on any atom is 0.412 e. The molecule has 0 spiro atoms. The van der Waals surface area contributed by atoms with Gasteiger partial charge >= 0.3 is 6.09 Å². The van der Waals surface area contributed by atoms with Crippen molar-refractivity contribution < 1.29 is 19.7 Å². The first kappa shape index (κ1) is 18.5. The number of aliphatic hydroxyl groups excluding tert-OH is 1. The second kappa shape index (κ2) is 8.89. The number of rotatable bonds is 6. The Hall–Kier alpha value is -1.80. The lowest BCUT2D eigenvalue weighted by molar-refractivity contribution is 0.0979. The molecule has 6 heteroatoms. The maximum atomic E-state index is 12.2. The first-order valence-electron chi connectivity index (χ1n) is 7.63. The number of aromatic hydroxyl groups is 1. The van der Waals surface area contributed by atoms with Gasteiger partial charge in [0.1, 0.15) is 11.9 Å². The summed E-state index contributed by atoms with van der Waals surface area (Å²) in [6.45, 7) is 1.96. The molecule has 1 amide bonds. The van der Waals surface area contributed by atoms with Gasteiger partial charge in [0.05, 0.1) is 0 Å². The summed E-state index contributed by atoms with van der Waals surface area (Å²) in [6, 6.07) is 12.5. The van der Waals surface area contributed by atoms with Crippen LogP contribution in [0.2, 0.25) is 0 Å². The van der Waals surface area contributed by atoms with Gasteiger partial charge in [-0.25, -0.2) is 4.79 Å². The van der Waals surface area contributed by atoms with Crippen molar-refractivity contribution in [1.29, 1.82) is 0 Å². The molecule has 0 heterocycles. The highest BCUT2D eigenvalue weighted by Crippen LogP contribution is 2.32. The van der Waals surface area contributed by atoms with E-state index in [0.717, 1.165) is 9.13 Å². The number of aryl methyl sites for hydroxylation is 1. The van der Waals surface area contributed by atoms with Crippen molar-refractivity contribution in [3.63, 3.8) is 0 Å². The van der Waals surface area contributed by atoms with E-state index in [2.05, 4.69) is 27.9 Å². The number of carbonyl (C=O) groups excluding carboxylic acids is 1. The Morgan fingerprint density at radius 3 is 2.62 bits per heavy atom. The number of benzene rings is 2. The van der Waals surface area contributed by atoms with E-state index in [0.29, 0.717) is 24.1 Å². The molecule has 0 saturated carbocycles. The quantitative estimate of drug-likeness (QED) is 0.582. The van der Waals surface area contributed by atoms with E-state index in [1.165, 1.54) is 0 Å². The summed E-state index contributed by atoms with van der Waals surface area (Å²) in [4.78, 5) is 12.2. The molecule has 0 fully saturated rings. The van der Waals surface area contributed by atoms with E-state index in [-0.39, 0.29) is 12.4 Å². The highest BCUT2D eigenvalue weighted by molar-refractivity contribution is 14.1. The predicted octanol–water partition coefficient (Wildman–Crippen LogP) is 4.37. The third kappa shape index (κ3) is 5.38. The van der Waals surface area contributed by atoms with E-state index in [1.54, 1.807) is 30.3 Å². The highest BCUT2D eigenvalue weighted by Gasteiger charge is 2.20. The summed E-state index contributed by atoms with van der Waals surface area (Å²) in [5.74, 6) is 0.0708. The van der Waals surface area contributed by atoms with Crippen LogP contribution in [-0.4, -0.2) is 22.9 Å². The van der Waals surface area contributed by atoms with Crippen molar-refractivity contribution in [2.45, 2.75) is 25.9 Å². The molecule has 3 N–H and O–H groups in total. The Morgan fingerprint density at radius 1 is 1.25 bits per heavy atom. The van der Waals surface area contributed by atoms with Crippen LogP contribution >= 0.6 is 22.6 Å². The Morgan fingerprint density at radius 2 is 1.96 bits per heavy atom. The molecular weight excluding hydrogens is 421 g/mol. The van der Waals surface area contributed by atoms with Gasteiger partial charge in [-0.1, -0.05) is 17.7 Å². The Kier molecular flexibility index (Phi) is 6.86. The van der Waals surface area contributed by atoms with E-state index in [1.807, 2.05) is 19.1 Å². The fourth-order valence-corrected chi connectivity index (χ4v) is 2.77. The normalized spacial score (nSPS) is 11.8. The van der Waals surface area contributed by atoms with Crippen LogP contribution in [0.5, 0.6) is 5.75 Å². The fraction of sp³-hybridized carbons (Fsp3) is 0.278. The third-order valence-electron chi connectivity index (χ3n) is 3.51. The van der Waals surface area contributed by atoms with Gasteiger partial charge in [0, 0.05) is 21.4 Å². The van der Waals surface area contributed by atoms with Crippen LogP contribution in [0, 0.1) is 10.5 Å². The van der Waals surface area contributed by atoms with E-state index in [9.17, 15) is 9.90 Å². The van der Waals surface area contributed by atoms with Crippen LogP contribution in [0.25, 0.3) is 0 Å². The summed E-state index contributed by atoms with van der Waals surface area (Å²) in [7, 11) is 0. The largest absolute Gasteiger partial charge is 0.508 e. The number of hydrogen-bond acceptors (Lipinski definition) is 4. The van der Waals surface area contributed by atoms with Gasteiger partial charge < -0.3 is 14.9 Å². The Balaban J connectivity index is 2.11. The first-order chi connectivity index (χ1) is 11.5. The average molecular weight is 441 g/mol. The number of aliphatic hydroxyl groups is 1. The number of anilines is 1. The molecule has 0 aliphatic rings. The van der Waals surface area contributed by atoms with Crippen molar-refractivity contribution >= 4 is 34.4 Å². The highest BCUT2D eigenvalue weighted by atomic mass is 127. The van der Waals surface area contributed by atoms with Gasteiger partial charge in [0.25, 0.3) is 0 Å². The van der Waals surface area contributed by atoms with Gasteiger partial charge in [-0.3, -0.25) is 5.32 Å². The van der Waals surface area contributed by atoms with Gasteiger partial charge in [-0.2, -0.15) is 0 Å². The zero-order valence-electron chi connectivity index (χ0n) is 13.3. The number of ether oxygens (including phenoxy) is 1. The minimum atomic E-state index is -0.627. The van der Waals surface area contributed by atoms with Crippen LogP contribution < -0.4 is 5.32 Å².